The van der Waals surface area contributed by atoms with Crippen molar-refractivity contribution in [2.75, 3.05) is 19.7 Å². The summed E-state index contributed by atoms with van der Waals surface area (Å²) in [4.78, 5) is 14.1. The van der Waals surface area contributed by atoms with E-state index in [1.807, 2.05) is 29.2 Å². The van der Waals surface area contributed by atoms with Crippen molar-refractivity contribution in [1.29, 1.82) is 0 Å². The van der Waals surface area contributed by atoms with Crippen molar-refractivity contribution in [1.82, 2.24) is 4.90 Å². The number of aryl methyl sites for hydroxylation is 1. The first kappa shape index (κ1) is 15.3. The maximum absolute atomic E-state index is 12.2. The SMILES string of the molecule is O=C(CCc1cccc(Cl)c1)N1CCC(CCCO)C1. The van der Waals surface area contributed by atoms with Crippen LogP contribution in [0.1, 0.15) is 31.2 Å². The van der Waals surface area contributed by atoms with E-state index in [2.05, 4.69) is 0 Å². The first-order valence-corrected chi connectivity index (χ1v) is 7.70. The maximum atomic E-state index is 12.2. The molecule has 0 aromatic heterocycles. The van der Waals surface area contributed by atoms with Gasteiger partial charge in [-0.15, -0.1) is 0 Å². The predicted octanol–water partition coefficient (Wildman–Crippen LogP) is 2.89. The van der Waals surface area contributed by atoms with Gasteiger partial charge in [0.15, 0.2) is 0 Å². The van der Waals surface area contributed by atoms with E-state index in [1.54, 1.807) is 0 Å². The molecule has 3 nitrogen and oxygen atoms in total. The number of nitrogens with zero attached hydrogens (tertiary/aromatic N) is 1. The highest BCUT2D eigenvalue weighted by molar-refractivity contribution is 6.30. The Bertz CT molecular complexity index is 450. The molecule has 1 aliphatic rings. The first-order valence-electron chi connectivity index (χ1n) is 7.32. The molecule has 4 heteroatoms. The molecule has 2 rings (SSSR count). The minimum atomic E-state index is 0.233. The lowest BCUT2D eigenvalue weighted by atomic mass is 10.0. The van der Waals surface area contributed by atoms with Gasteiger partial charge in [0.05, 0.1) is 0 Å². The van der Waals surface area contributed by atoms with E-state index < -0.39 is 0 Å². The summed E-state index contributed by atoms with van der Waals surface area (Å²) < 4.78 is 0. The molecule has 1 unspecified atom stereocenters. The third-order valence-electron chi connectivity index (χ3n) is 3.93. The Morgan fingerprint density at radius 2 is 2.30 bits per heavy atom. The van der Waals surface area contributed by atoms with Crippen LogP contribution in [0.4, 0.5) is 0 Å². The molecule has 0 aliphatic carbocycles. The largest absolute Gasteiger partial charge is 0.396 e. The second-order valence-corrected chi connectivity index (χ2v) is 5.93. The number of hydrogen-bond acceptors (Lipinski definition) is 2. The average molecular weight is 296 g/mol. The minimum absolute atomic E-state index is 0.233. The van der Waals surface area contributed by atoms with Gasteiger partial charge in [0.1, 0.15) is 0 Å². The first-order chi connectivity index (χ1) is 9.69. The number of aliphatic hydroxyl groups excluding tert-OH is 1. The predicted molar refractivity (Wildman–Crippen MR) is 80.8 cm³/mol. The fourth-order valence-corrected chi connectivity index (χ4v) is 2.99. The van der Waals surface area contributed by atoms with Crippen LogP contribution < -0.4 is 0 Å². The normalized spacial score (nSPS) is 18.5. The lowest BCUT2D eigenvalue weighted by molar-refractivity contribution is -0.130. The molecule has 1 heterocycles. The summed E-state index contributed by atoms with van der Waals surface area (Å²) in [7, 11) is 0. The van der Waals surface area contributed by atoms with Crippen LogP contribution in [0.5, 0.6) is 0 Å². The second-order valence-electron chi connectivity index (χ2n) is 5.49. The summed E-state index contributed by atoms with van der Waals surface area (Å²) >= 11 is 5.94. The zero-order valence-corrected chi connectivity index (χ0v) is 12.5. The van der Waals surface area contributed by atoms with Crippen molar-refractivity contribution in [3.63, 3.8) is 0 Å². The molecule has 1 aliphatic heterocycles. The number of carbonyl (C=O) groups is 1. The van der Waals surface area contributed by atoms with E-state index in [-0.39, 0.29) is 12.5 Å². The molecule has 1 atom stereocenters. The highest BCUT2D eigenvalue weighted by Gasteiger charge is 2.25. The summed E-state index contributed by atoms with van der Waals surface area (Å²) in [5.74, 6) is 0.800. The van der Waals surface area contributed by atoms with E-state index in [4.69, 9.17) is 16.7 Å². The van der Waals surface area contributed by atoms with Gasteiger partial charge in [-0.1, -0.05) is 23.7 Å². The van der Waals surface area contributed by atoms with E-state index >= 15 is 0 Å². The number of amides is 1. The van der Waals surface area contributed by atoms with Gasteiger partial charge >= 0.3 is 0 Å². The fraction of sp³-hybridized carbons (Fsp3) is 0.562. The lowest BCUT2D eigenvalue weighted by Crippen LogP contribution is -2.28. The number of halogens is 1. The van der Waals surface area contributed by atoms with Crippen molar-refractivity contribution >= 4 is 17.5 Å². The monoisotopic (exact) mass is 295 g/mol. The van der Waals surface area contributed by atoms with Crippen LogP contribution >= 0.6 is 11.6 Å². The van der Waals surface area contributed by atoms with Crippen molar-refractivity contribution in [3.8, 4) is 0 Å². The molecule has 1 N–H and O–H groups in total. The summed E-state index contributed by atoms with van der Waals surface area (Å²) in [6.07, 6.45) is 4.23. The van der Waals surface area contributed by atoms with Gasteiger partial charge in [-0.2, -0.15) is 0 Å². The smallest absolute Gasteiger partial charge is 0.222 e. The Balaban J connectivity index is 1.75. The molecule has 0 bridgehead atoms. The zero-order valence-electron chi connectivity index (χ0n) is 11.7. The lowest BCUT2D eigenvalue weighted by Gasteiger charge is -2.16. The standard InChI is InChI=1S/C16H22ClNO2/c17-15-5-1-3-13(11-15)6-7-16(20)18-9-8-14(12-18)4-2-10-19/h1,3,5,11,14,19H,2,4,6-10,12H2. The van der Waals surface area contributed by atoms with Gasteiger partial charge in [-0.05, 0) is 49.3 Å². The van der Waals surface area contributed by atoms with Crippen LogP contribution in [-0.2, 0) is 11.2 Å². The number of rotatable bonds is 6. The van der Waals surface area contributed by atoms with E-state index in [9.17, 15) is 4.79 Å². The summed E-state index contributed by atoms with van der Waals surface area (Å²) in [5.41, 5.74) is 1.11. The van der Waals surface area contributed by atoms with Crippen LogP contribution in [0, 0.1) is 5.92 Å². The Kier molecular flexibility index (Phi) is 5.86. The minimum Gasteiger partial charge on any atom is -0.396 e. The van der Waals surface area contributed by atoms with Gasteiger partial charge in [-0.25, -0.2) is 0 Å². The van der Waals surface area contributed by atoms with Crippen molar-refractivity contribution in [2.24, 2.45) is 5.92 Å². The Morgan fingerprint density at radius 3 is 3.05 bits per heavy atom. The van der Waals surface area contributed by atoms with Crippen LogP contribution in [0.2, 0.25) is 5.02 Å². The number of carbonyl (C=O) groups excluding carboxylic acids is 1. The maximum Gasteiger partial charge on any atom is 0.222 e. The van der Waals surface area contributed by atoms with Gasteiger partial charge < -0.3 is 10.0 Å². The molecule has 0 spiro atoms. The quantitative estimate of drug-likeness (QED) is 0.876. The Labute approximate surface area is 125 Å². The van der Waals surface area contributed by atoms with Gasteiger partial charge in [-0.3, -0.25) is 4.79 Å². The molecule has 1 amide bonds. The van der Waals surface area contributed by atoms with E-state index in [1.165, 1.54) is 0 Å². The highest BCUT2D eigenvalue weighted by atomic mass is 35.5. The van der Waals surface area contributed by atoms with E-state index in [0.717, 1.165) is 49.4 Å². The summed E-state index contributed by atoms with van der Waals surface area (Å²) in [6, 6.07) is 7.69. The van der Waals surface area contributed by atoms with Crippen LogP contribution in [0.25, 0.3) is 0 Å². The number of aliphatic hydroxyl groups is 1. The molecule has 1 fully saturated rings. The summed E-state index contributed by atoms with van der Waals surface area (Å²) in [5, 5.41) is 9.57. The molecule has 20 heavy (non-hydrogen) atoms. The molecule has 1 aromatic carbocycles. The third-order valence-corrected chi connectivity index (χ3v) is 4.16. The highest BCUT2D eigenvalue weighted by Crippen LogP contribution is 2.22. The average Bonchev–Trinajstić information content (AvgIpc) is 2.91. The molecule has 0 radical (unpaired) electrons. The van der Waals surface area contributed by atoms with Gasteiger partial charge in [0.2, 0.25) is 5.91 Å². The van der Waals surface area contributed by atoms with Crippen molar-refractivity contribution < 1.29 is 9.90 Å². The fourth-order valence-electron chi connectivity index (χ4n) is 2.78. The van der Waals surface area contributed by atoms with Gasteiger partial charge in [0, 0.05) is 31.1 Å². The number of likely N-dealkylation sites (tertiary alicyclic amines) is 1. The molecular formula is C16H22ClNO2. The molecule has 110 valence electrons. The van der Waals surface area contributed by atoms with E-state index in [0.29, 0.717) is 12.3 Å². The zero-order chi connectivity index (χ0) is 14.4. The molecule has 0 saturated carbocycles. The molecule has 1 aromatic rings. The topological polar surface area (TPSA) is 40.5 Å². The second kappa shape index (κ2) is 7.65. The molecule has 1 saturated heterocycles. The van der Waals surface area contributed by atoms with Crippen LogP contribution in [-0.4, -0.2) is 35.6 Å². The Hall–Kier alpha value is -1.06. The summed E-state index contributed by atoms with van der Waals surface area (Å²) in [6.45, 7) is 1.97. The van der Waals surface area contributed by atoms with Crippen LogP contribution in [0.3, 0.4) is 0 Å². The van der Waals surface area contributed by atoms with Crippen molar-refractivity contribution in [2.45, 2.75) is 32.1 Å². The number of benzene rings is 1. The molecular weight excluding hydrogens is 274 g/mol. The number of hydrogen-bond donors (Lipinski definition) is 1. The van der Waals surface area contributed by atoms with Crippen molar-refractivity contribution in [3.05, 3.63) is 34.9 Å². The van der Waals surface area contributed by atoms with Crippen LogP contribution in [0.15, 0.2) is 24.3 Å². The Morgan fingerprint density at radius 1 is 1.45 bits per heavy atom. The third kappa shape index (κ3) is 4.50. The van der Waals surface area contributed by atoms with Gasteiger partial charge in [0.25, 0.3) is 0 Å².